The zero-order valence-corrected chi connectivity index (χ0v) is 17.1. The molecule has 30 heavy (non-hydrogen) atoms. The Morgan fingerprint density at radius 2 is 1.73 bits per heavy atom. The molecule has 0 aliphatic carbocycles. The van der Waals surface area contributed by atoms with Gasteiger partial charge >= 0.3 is 11.6 Å². The summed E-state index contributed by atoms with van der Waals surface area (Å²) < 4.78 is 15.9. The lowest BCUT2D eigenvalue weighted by Gasteiger charge is -2.09. The fourth-order valence-corrected chi connectivity index (χ4v) is 2.64. The predicted octanol–water partition coefficient (Wildman–Crippen LogP) is 3.47. The number of fused-ring (bicyclic) bond motifs is 1. The van der Waals surface area contributed by atoms with Crippen molar-refractivity contribution in [3.05, 3.63) is 70.1 Å². The van der Waals surface area contributed by atoms with Gasteiger partial charge in [0.1, 0.15) is 22.6 Å². The van der Waals surface area contributed by atoms with E-state index in [4.69, 9.17) is 13.9 Å². The number of esters is 1. The van der Waals surface area contributed by atoms with Gasteiger partial charge in [-0.05, 0) is 43.2 Å². The average molecular weight is 409 g/mol. The Bertz CT molecular complexity index is 1110. The van der Waals surface area contributed by atoms with Crippen molar-refractivity contribution in [2.24, 2.45) is 5.92 Å². The first-order valence-electron chi connectivity index (χ1n) is 9.58. The van der Waals surface area contributed by atoms with Gasteiger partial charge in [-0.2, -0.15) is 0 Å². The highest BCUT2D eigenvalue weighted by Gasteiger charge is 2.15. The Hall–Kier alpha value is -3.61. The first-order valence-corrected chi connectivity index (χ1v) is 9.58. The summed E-state index contributed by atoms with van der Waals surface area (Å²) in [5, 5.41) is 3.23. The van der Waals surface area contributed by atoms with Crippen molar-refractivity contribution in [3.63, 3.8) is 0 Å². The molecule has 0 aliphatic rings. The normalized spacial score (nSPS) is 10.8. The van der Waals surface area contributed by atoms with Crippen LogP contribution in [-0.2, 0) is 4.79 Å². The van der Waals surface area contributed by atoms with E-state index in [1.165, 1.54) is 12.1 Å². The lowest BCUT2D eigenvalue weighted by Crippen LogP contribution is -2.31. The lowest BCUT2D eigenvalue weighted by atomic mass is 10.1. The van der Waals surface area contributed by atoms with Crippen LogP contribution in [0.25, 0.3) is 11.0 Å². The fraction of sp³-hybridized carbons (Fsp3) is 0.261. The van der Waals surface area contributed by atoms with Crippen LogP contribution in [0.1, 0.15) is 29.8 Å². The van der Waals surface area contributed by atoms with E-state index in [0.717, 1.165) is 5.56 Å². The number of amides is 1. The molecule has 1 N–H and O–H groups in total. The maximum atomic E-state index is 12.2. The topological polar surface area (TPSA) is 94.8 Å². The molecule has 1 amide bonds. The number of rotatable bonds is 7. The summed E-state index contributed by atoms with van der Waals surface area (Å²) in [7, 11) is 0. The Morgan fingerprint density at radius 1 is 1.03 bits per heavy atom. The van der Waals surface area contributed by atoms with Crippen LogP contribution in [-0.4, -0.2) is 25.0 Å². The fourth-order valence-electron chi connectivity index (χ4n) is 2.64. The van der Waals surface area contributed by atoms with Gasteiger partial charge < -0.3 is 19.2 Å². The number of nitrogens with one attached hydrogen (secondary N) is 1. The highest BCUT2D eigenvalue weighted by molar-refractivity contribution is 5.96. The van der Waals surface area contributed by atoms with E-state index in [-0.39, 0.29) is 29.4 Å². The van der Waals surface area contributed by atoms with E-state index in [9.17, 15) is 14.4 Å². The molecule has 156 valence electrons. The maximum absolute atomic E-state index is 12.2. The Labute approximate surface area is 173 Å². The minimum absolute atomic E-state index is 0.0700. The third-order valence-corrected chi connectivity index (χ3v) is 4.23. The maximum Gasteiger partial charge on any atom is 0.349 e. The van der Waals surface area contributed by atoms with Crippen LogP contribution in [0.5, 0.6) is 11.5 Å². The molecule has 0 bridgehead atoms. The molecule has 3 aromatic rings. The number of benzene rings is 2. The Morgan fingerprint density at radius 3 is 2.43 bits per heavy atom. The third kappa shape index (κ3) is 5.47. The van der Waals surface area contributed by atoms with E-state index in [2.05, 4.69) is 5.32 Å². The van der Waals surface area contributed by atoms with Gasteiger partial charge in [0.25, 0.3) is 5.91 Å². The summed E-state index contributed by atoms with van der Waals surface area (Å²) >= 11 is 0. The predicted molar refractivity (Wildman–Crippen MR) is 112 cm³/mol. The van der Waals surface area contributed by atoms with Gasteiger partial charge in [-0.1, -0.05) is 31.5 Å². The van der Waals surface area contributed by atoms with Crippen LogP contribution in [0.2, 0.25) is 0 Å². The van der Waals surface area contributed by atoms with Crippen LogP contribution in [0.4, 0.5) is 0 Å². The minimum Gasteiger partial charge on any atom is -0.482 e. The molecule has 3 rings (SSSR count). The summed E-state index contributed by atoms with van der Waals surface area (Å²) in [6, 6.07) is 13.3. The standard InChI is InChI=1S/C23H23NO6/c1-14(2)12-24-22(26)19-10-16-6-9-18(11-20(16)30-23(19)27)29-21(25)13-28-17-7-4-15(3)5-8-17/h4-11,14H,12-13H2,1-3H3,(H,24,26). The molecule has 0 saturated heterocycles. The molecular formula is C23H23NO6. The Kier molecular flexibility index (Phi) is 6.51. The van der Waals surface area contributed by atoms with E-state index in [1.54, 1.807) is 24.3 Å². The summed E-state index contributed by atoms with van der Waals surface area (Å²) in [5.41, 5.74) is 0.475. The lowest BCUT2D eigenvalue weighted by molar-refractivity contribution is -0.136. The van der Waals surface area contributed by atoms with Crippen LogP contribution >= 0.6 is 0 Å². The van der Waals surface area contributed by atoms with E-state index >= 15 is 0 Å². The zero-order chi connectivity index (χ0) is 21.7. The molecule has 0 spiro atoms. The molecule has 2 aromatic carbocycles. The smallest absolute Gasteiger partial charge is 0.349 e. The van der Waals surface area contributed by atoms with Crippen LogP contribution in [0.3, 0.4) is 0 Å². The number of aryl methyl sites for hydroxylation is 1. The number of ether oxygens (including phenoxy) is 2. The van der Waals surface area contributed by atoms with Crippen molar-refractivity contribution < 1.29 is 23.5 Å². The molecule has 0 atom stereocenters. The molecule has 7 heteroatoms. The molecule has 0 fully saturated rings. The highest BCUT2D eigenvalue weighted by Crippen LogP contribution is 2.21. The first kappa shape index (κ1) is 21.1. The van der Waals surface area contributed by atoms with Gasteiger partial charge in [-0.25, -0.2) is 9.59 Å². The quantitative estimate of drug-likeness (QED) is 0.365. The molecule has 1 heterocycles. The molecule has 0 radical (unpaired) electrons. The second kappa shape index (κ2) is 9.26. The highest BCUT2D eigenvalue weighted by atomic mass is 16.6. The minimum atomic E-state index is -0.755. The van der Waals surface area contributed by atoms with Crippen LogP contribution in [0.15, 0.2) is 57.7 Å². The summed E-state index contributed by atoms with van der Waals surface area (Å²) in [6.07, 6.45) is 0. The van der Waals surface area contributed by atoms with Crippen LogP contribution in [0, 0.1) is 12.8 Å². The number of carbonyl (C=O) groups excluding carboxylic acids is 2. The second-order valence-corrected chi connectivity index (χ2v) is 7.33. The van der Waals surface area contributed by atoms with E-state index in [0.29, 0.717) is 17.7 Å². The first-order chi connectivity index (χ1) is 14.3. The number of hydrogen-bond acceptors (Lipinski definition) is 6. The summed E-state index contributed by atoms with van der Waals surface area (Å²) in [4.78, 5) is 36.4. The van der Waals surface area contributed by atoms with Gasteiger partial charge in [-0.15, -0.1) is 0 Å². The largest absolute Gasteiger partial charge is 0.482 e. The van der Waals surface area contributed by atoms with Crippen molar-refractivity contribution in [2.45, 2.75) is 20.8 Å². The van der Waals surface area contributed by atoms with Gasteiger partial charge in [0, 0.05) is 18.0 Å². The third-order valence-electron chi connectivity index (χ3n) is 4.23. The van der Waals surface area contributed by atoms with Crippen molar-refractivity contribution >= 4 is 22.8 Å². The van der Waals surface area contributed by atoms with Gasteiger partial charge in [-0.3, -0.25) is 4.79 Å². The molecule has 0 unspecified atom stereocenters. The average Bonchev–Trinajstić information content (AvgIpc) is 2.71. The van der Waals surface area contributed by atoms with Crippen molar-refractivity contribution in [2.75, 3.05) is 13.2 Å². The van der Waals surface area contributed by atoms with Gasteiger partial charge in [0.2, 0.25) is 0 Å². The van der Waals surface area contributed by atoms with E-state index < -0.39 is 17.5 Å². The SMILES string of the molecule is Cc1ccc(OCC(=O)Oc2ccc3cc(C(=O)NCC(C)C)c(=O)oc3c2)cc1. The van der Waals surface area contributed by atoms with Gasteiger partial charge in [0.05, 0.1) is 0 Å². The molecule has 0 saturated carbocycles. The number of hydrogen-bond donors (Lipinski definition) is 1. The van der Waals surface area contributed by atoms with Crippen molar-refractivity contribution in [1.82, 2.24) is 5.32 Å². The van der Waals surface area contributed by atoms with Gasteiger partial charge in [0.15, 0.2) is 6.61 Å². The molecule has 1 aromatic heterocycles. The van der Waals surface area contributed by atoms with Crippen molar-refractivity contribution in [3.8, 4) is 11.5 Å². The number of carbonyl (C=O) groups is 2. The Balaban J connectivity index is 1.68. The monoisotopic (exact) mass is 409 g/mol. The molecule has 7 nitrogen and oxygen atoms in total. The van der Waals surface area contributed by atoms with Crippen molar-refractivity contribution in [1.29, 1.82) is 0 Å². The van der Waals surface area contributed by atoms with E-state index in [1.807, 2.05) is 32.9 Å². The van der Waals surface area contributed by atoms with Crippen LogP contribution < -0.4 is 20.4 Å². The molecule has 0 aliphatic heterocycles. The summed E-state index contributed by atoms with van der Waals surface area (Å²) in [6.45, 7) is 6.06. The zero-order valence-electron chi connectivity index (χ0n) is 17.1. The molecular weight excluding hydrogens is 386 g/mol. The second-order valence-electron chi connectivity index (χ2n) is 7.33. The summed E-state index contributed by atoms with van der Waals surface area (Å²) in [5.74, 6) is -0.0516.